The van der Waals surface area contributed by atoms with Gasteiger partial charge in [-0.1, -0.05) is 55.7 Å². The molecule has 0 aliphatic rings. The van der Waals surface area contributed by atoms with Crippen LogP contribution in [0.25, 0.3) is 0 Å². The molecule has 2 amide bonds. The Kier molecular flexibility index (Phi) is 11.7. The maximum Gasteiger partial charge on any atom is 0.261 e. The number of carbonyl (C=O) groups is 2. The van der Waals surface area contributed by atoms with Crippen molar-refractivity contribution in [3.05, 3.63) is 109 Å². The predicted octanol–water partition coefficient (Wildman–Crippen LogP) is 6.60. The lowest BCUT2D eigenvalue weighted by Gasteiger charge is -2.10. The number of rotatable bonds is 16. The molecular weight excluding hydrogens is 613 g/mol. The summed E-state index contributed by atoms with van der Waals surface area (Å²) >= 11 is 0. The van der Waals surface area contributed by atoms with E-state index in [1.165, 1.54) is 24.3 Å². The van der Waals surface area contributed by atoms with Gasteiger partial charge in [0.05, 0.1) is 9.79 Å². The number of amides is 2. The average molecular weight is 649 g/mol. The summed E-state index contributed by atoms with van der Waals surface area (Å²) in [5.74, 6) is -0.302. The number of hydrogen-bond donors (Lipinski definition) is 4. The molecule has 0 bridgehead atoms. The van der Waals surface area contributed by atoms with E-state index in [0.717, 1.165) is 19.3 Å². The van der Waals surface area contributed by atoms with E-state index in [9.17, 15) is 26.4 Å². The van der Waals surface area contributed by atoms with Crippen molar-refractivity contribution in [1.29, 1.82) is 0 Å². The van der Waals surface area contributed by atoms with Gasteiger partial charge in [0.2, 0.25) is 11.8 Å². The van der Waals surface area contributed by atoms with Crippen LogP contribution in [-0.2, 0) is 29.6 Å². The molecule has 4 N–H and O–H groups in total. The van der Waals surface area contributed by atoms with Gasteiger partial charge in [-0.15, -0.1) is 0 Å². The molecule has 0 radical (unpaired) electrons. The first-order valence-electron chi connectivity index (χ1n) is 14.6. The SMILES string of the molecule is O=C(CCCCCCCC(=O)Nc1ccc(S(=O)(=O)Nc2ccccc2)cc1)Nc1ccc(S(=O)(=O)Nc2ccccc2)cc1. The predicted molar refractivity (Wildman–Crippen MR) is 177 cm³/mol. The van der Waals surface area contributed by atoms with Gasteiger partial charge in [0.25, 0.3) is 20.0 Å². The van der Waals surface area contributed by atoms with E-state index in [2.05, 4.69) is 20.1 Å². The van der Waals surface area contributed by atoms with Crippen LogP contribution in [0.1, 0.15) is 44.9 Å². The van der Waals surface area contributed by atoms with Crippen LogP contribution in [0.4, 0.5) is 22.7 Å². The van der Waals surface area contributed by atoms with Gasteiger partial charge in [-0.3, -0.25) is 19.0 Å². The van der Waals surface area contributed by atoms with E-state index in [1.54, 1.807) is 84.9 Å². The molecule has 4 aromatic rings. The Morgan fingerprint density at radius 2 is 0.756 bits per heavy atom. The number of para-hydroxylation sites is 2. The molecule has 0 aromatic heterocycles. The van der Waals surface area contributed by atoms with Crippen molar-refractivity contribution in [2.24, 2.45) is 0 Å². The van der Waals surface area contributed by atoms with Gasteiger partial charge in [0.15, 0.2) is 0 Å². The number of hydrogen-bond acceptors (Lipinski definition) is 6. The third-order valence-electron chi connectivity index (χ3n) is 6.76. The van der Waals surface area contributed by atoms with Crippen molar-refractivity contribution in [3.63, 3.8) is 0 Å². The van der Waals surface area contributed by atoms with Crippen LogP contribution in [0.5, 0.6) is 0 Å². The van der Waals surface area contributed by atoms with Crippen molar-refractivity contribution in [1.82, 2.24) is 0 Å². The lowest BCUT2D eigenvalue weighted by molar-refractivity contribution is -0.117. The molecule has 0 aliphatic heterocycles. The summed E-state index contributed by atoms with van der Waals surface area (Å²) in [5, 5.41) is 5.58. The Hall–Kier alpha value is -4.68. The first-order chi connectivity index (χ1) is 21.6. The van der Waals surface area contributed by atoms with E-state index < -0.39 is 20.0 Å². The zero-order chi connectivity index (χ0) is 32.1. The Morgan fingerprint density at radius 3 is 1.11 bits per heavy atom. The Labute approximate surface area is 264 Å². The number of unbranched alkanes of at least 4 members (excludes halogenated alkanes) is 4. The fraction of sp³-hybridized carbons (Fsp3) is 0.212. The van der Waals surface area contributed by atoms with Crippen molar-refractivity contribution in [2.75, 3.05) is 20.1 Å². The van der Waals surface area contributed by atoms with E-state index in [4.69, 9.17) is 0 Å². The number of nitrogens with one attached hydrogen (secondary N) is 4. The number of sulfonamides is 2. The highest BCUT2D eigenvalue weighted by Gasteiger charge is 2.15. The second-order valence-corrected chi connectivity index (χ2v) is 13.7. The zero-order valence-electron chi connectivity index (χ0n) is 24.6. The molecule has 12 heteroatoms. The molecule has 45 heavy (non-hydrogen) atoms. The molecule has 0 unspecified atom stereocenters. The third kappa shape index (κ3) is 10.8. The summed E-state index contributed by atoms with van der Waals surface area (Å²) in [6, 6.07) is 29.2. The highest BCUT2D eigenvalue weighted by Crippen LogP contribution is 2.20. The van der Waals surface area contributed by atoms with Crippen molar-refractivity contribution in [2.45, 2.75) is 54.7 Å². The topological polar surface area (TPSA) is 151 Å². The maximum absolute atomic E-state index is 12.6. The lowest BCUT2D eigenvalue weighted by atomic mass is 10.1. The van der Waals surface area contributed by atoms with Crippen LogP contribution in [0, 0.1) is 0 Å². The van der Waals surface area contributed by atoms with E-state index in [0.29, 0.717) is 48.4 Å². The Morgan fingerprint density at radius 1 is 0.422 bits per heavy atom. The normalized spacial score (nSPS) is 11.4. The molecule has 10 nitrogen and oxygen atoms in total. The number of benzene rings is 4. The minimum atomic E-state index is -3.73. The van der Waals surface area contributed by atoms with Gasteiger partial charge in [-0.25, -0.2) is 16.8 Å². The summed E-state index contributed by atoms with van der Waals surface area (Å²) < 4.78 is 55.2. The molecule has 0 spiro atoms. The van der Waals surface area contributed by atoms with E-state index in [-0.39, 0.29) is 21.6 Å². The summed E-state index contributed by atoms with van der Waals surface area (Å²) in [6.45, 7) is 0. The standard InChI is InChI=1S/C33H36N4O6S2/c38-32(34-26-18-22-30(23-19-26)44(40,41)36-28-12-6-4-7-13-28)16-10-2-1-3-11-17-33(39)35-27-20-24-31(25-21-27)45(42,43)37-29-14-8-5-9-15-29/h4-9,12-15,18-25,36-37H,1-3,10-11,16-17H2,(H,34,38)(H,35,39). The van der Waals surface area contributed by atoms with E-state index in [1.807, 2.05) is 0 Å². The first-order valence-corrected chi connectivity index (χ1v) is 17.5. The second-order valence-electron chi connectivity index (χ2n) is 10.4. The van der Waals surface area contributed by atoms with Crippen LogP contribution in [0.3, 0.4) is 0 Å². The fourth-order valence-corrected chi connectivity index (χ4v) is 6.54. The van der Waals surface area contributed by atoms with Crippen LogP contribution in [0.2, 0.25) is 0 Å². The molecule has 0 saturated heterocycles. The molecule has 0 aliphatic carbocycles. The average Bonchev–Trinajstić information content (AvgIpc) is 3.02. The van der Waals surface area contributed by atoms with Crippen molar-refractivity contribution in [3.8, 4) is 0 Å². The smallest absolute Gasteiger partial charge is 0.261 e. The first kappa shape index (κ1) is 33.2. The second kappa shape index (κ2) is 15.9. The molecule has 236 valence electrons. The Balaban J connectivity index is 1.08. The highest BCUT2D eigenvalue weighted by molar-refractivity contribution is 7.93. The molecule has 0 saturated carbocycles. The molecular formula is C33H36N4O6S2. The van der Waals surface area contributed by atoms with Crippen molar-refractivity contribution < 1.29 is 26.4 Å². The summed E-state index contributed by atoms with van der Waals surface area (Å²) in [5.41, 5.74) is 1.97. The van der Waals surface area contributed by atoms with Gasteiger partial charge in [0.1, 0.15) is 0 Å². The fourth-order valence-electron chi connectivity index (χ4n) is 4.42. The Bertz CT molecular complexity index is 1630. The third-order valence-corrected chi connectivity index (χ3v) is 9.55. The summed E-state index contributed by atoms with van der Waals surface area (Å²) in [7, 11) is -7.46. The quantitative estimate of drug-likeness (QED) is 0.101. The maximum atomic E-state index is 12.6. The monoisotopic (exact) mass is 648 g/mol. The molecule has 4 rings (SSSR count). The summed E-state index contributed by atoms with van der Waals surface area (Å²) in [4.78, 5) is 24.8. The van der Waals surface area contributed by atoms with Crippen LogP contribution < -0.4 is 20.1 Å². The number of carbonyl (C=O) groups excluding carboxylic acids is 2. The highest BCUT2D eigenvalue weighted by atomic mass is 32.2. The molecule has 0 fully saturated rings. The van der Waals surface area contributed by atoms with Gasteiger partial charge in [-0.05, 0) is 85.6 Å². The van der Waals surface area contributed by atoms with Gasteiger partial charge in [0, 0.05) is 35.6 Å². The minimum Gasteiger partial charge on any atom is -0.326 e. The molecule has 4 aromatic carbocycles. The van der Waals surface area contributed by atoms with Gasteiger partial charge >= 0.3 is 0 Å². The van der Waals surface area contributed by atoms with Gasteiger partial charge in [-0.2, -0.15) is 0 Å². The minimum absolute atomic E-state index is 0.0958. The summed E-state index contributed by atoms with van der Waals surface area (Å²) in [6.07, 6.45) is 4.61. The van der Waals surface area contributed by atoms with Crippen LogP contribution >= 0.6 is 0 Å². The van der Waals surface area contributed by atoms with Crippen molar-refractivity contribution >= 4 is 54.6 Å². The largest absolute Gasteiger partial charge is 0.326 e. The number of anilines is 4. The molecule has 0 heterocycles. The molecule has 0 atom stereocenters. The zero-order valence-corrected chi connectivity index (χ0v) is 26.2. The lowest BCUT2D eigenvalue weighted by Crippen LogP contribution is -2.14. The van der Waals surface area contributed by atoms with Crippen LogP contribution in [0.15, 0.2) is 119 Å². The van der Waals surface area contributed by atoms with Gasteiger partial charge < -0.3 is 10.6 Å². The van der Waals surface area contributed by atoms with E-state index >= 15 is 0 Å². The van der Waals surface area contributed by atoms with Crippen LogP contribution in [-0.4, -0.2) is 28.6 Å².